The Morgan fingerprint density at radius 3 is 2.62 bits per heavy atom. The molecule has 0 aliphatic rings. The van der Waals surface area contributed by atoms with E-state index < -0.39 is 0 Å². The van der Waals surface area contributed by atoms with E-state index in [2.05, 4.69) is 19.9 Å². The molecule has 0 aliphatic heterocycles. The van der Waals surface area contributed by atoms with Gasteiger partial charge >= 0.3 is 0 Å². The number of nitrogens with two attached hydrogens (primary N) is 2. The molecule has 0 bridgehead atoms. The van der Waals surface area contributed by atoms with Crippen molar-refractivity contribution in [3.63, 3.8) is 0 Å². The highest BCUT2D eigenvalue weighted by Gasteiger charge is 2.21. The molecule has 0 atom stereocenters. The molecule has 0 aliphatic carbocycles. The molecule has 5 heterocycles. The lowest BCUT2D eigenvalue weighted by molar-refractivity contribution is 0.626. The van der Waals surface area contributed by atoms with E-state index in [4.69, 9.17) is 21.0 Å². The number of aryl methyl sites for hydroxylation is 2. The molecule has 196 valence electrons. The number of anilines is 2. The maximum absolute atomic E-state index is 14.0. The van der Waals surface area contributed by atoms with Crippen molar-refractivity contribution < 1.29 is 4.42 Å². The summed E-state index contributed by atoms with van der Waals surface area (Å²) < 4.78 is 8.93. The van der Waals surface area contributed by atoms with E-state index in [-0.39, 0.29) is 23.9 Å². The van der Waals surface area contributed by atoms with Gasteiger partial charge in [0.25, 0.3) is 11.6 Å². The molecule has 11 heteroatoms. The van der Waals surface area contributed by atoms with E-state index >= 15 is 0 Å². The molecule has 0 amide bonds. The summed E-state index contributed by atoms with van der Waals surface area (Å²) in [5.74, 6) is 0.849. The standard InChI is InChI=1S/C29H23N9O2/c1-15-5-3-7-17-11-19(38(28(39)22(15)17)26-16(2)6-4-10-32-26)13-37-27-23(25(30)33-14-34-27)24(36-37)18-8-9-20-21(12-18)40-29(31)35-20/h3-12,14H,13H2,1-2H3,(H2,31,35)(H2,30,33,34). The summed E-state index contributed by atoms with van der Waals surface area (Å²) in [6, 6.07) is 17.2. The molecule has 2 aromatic carbocycles. The molecular weight excluding hydrogens is 506 g/mol. The molecule has 11 nitrogen and oxygen atoms in total. The smallest absolute Gasteiger partial charge is 0.292 e. The second kappa shape index (κ2) is 8.73. The van der Waals surface area contributed by atoms with Crippen LogP contribution < -0.4 is 17.0 Å². The van der Waals surface area contributed by atoms with Crippen molar-refractivity contribution in [2.75, 3.05) is 11.5 Å². The molecule has 5 aromatic heterocycles. The van der Waals surface area contributed by atoms with Crippen LogP contribution in [-0.2, 0) is 6.54 Å². The van der Waals surface area contributed by atoms with Gasteiger partial charge in [-0.1, -0.05) is 30.3 Å². The third kappa shape index (κ3) is 3.59. The van der Waals surface area contributed by atoms with Crippen molar-refractivity contribution in [2.24, 2.45) is 0 Å². The average Bonchev–Trinajstić information content (AvgIpc) is 3.49. The van der Waals surface area contributed by atoms with Gasteiger partial charge in [0.2, 0.25) is 0 Å². The number of rotatable bonds is 4. The topological polar surface area (TPSA) is 157 Å². The minimum absolute atomic E-state index is 0.0831. The van der Waals surface area contributed by atoms with Crippen LogP contribution in [0.25, 0.3) is 50.0 Å². The fourth-order valence-electron chi connectivity index (χ4n) is 5.24. The van der Waals surface area contributed by atoms with E-state index in [0.29, 0.717) is 44.7 Å². The van der Waals surface area contributed by atoms with Gasteiger partial charge in [0.15, 0.2) is 11.2 Å². The molecule has 0 saturated heterocycles. The fourth-order valence-corrected chi connectivity index (χ4v) is 5.24. The quantitative estimate of drug-likeness (QED) is 0.342. The highest BCUT2D eigenvalue weighted by molar-refractivity contribution is 5.99. The normalized spacial score (nSPS) is 11.7. The molecule has 0 radical (unpaired) electrons. The van der Waals surface area contributed by atoms with Crippen molar-refractivity contribution in [2.45, 2.75) is 20.4 Å². The van der Waals surface area contributed by atoms with E-state index in [1.54, 1.807) is 15.4 Å². The molecule has 7 rings (SSSR count). The summed E-state index contributed by atoms with van der Waals surface area (Å²) >= 11 is 0. The third-order valence-electron chi connectivity index (χ3n) is 7.07. The zero-order chi connectivity index (χ0) is 27.5. The van der Waals surface area contributed by atoms with Crippen molar-refractivity contribution >= 4 is 44.7 Å². The van der Waals surface area contributed by atoms with Crippen LogP contribution in [0, 0.1) is 13.8 Å². The van der Waals surface area contributed by atoms with Gasteiger partial charge in [-0.2, -0.15) is 10.1 Å². The lowest BCUT2D eigenvalue weighted by atomic mass is 10.1. The van der Waals surface area contributed by atoms with E-state index in [1.807, 2.05) is 68.4 Å². The van der Waals surface area contributed by atoms with Gasteiger partial charge < -0.3 is 15.9 Å². The molecule has 0 spiro atoms. The van der Waals surface area contributed by atoms with E-state index in [1.165, 1.54) is 6.33 Å². The van der Waals surface area contributed by atoms with Gasteiger partial charge in [-0.15, -0.1) is 0 Å². The Balaban J connectivity index is 1.47. The summed E-state index contributed by atoms with van der Waals surface area (Å²) in [5, 5.41) is 6.99. The van der Waals surface area contributed by atoms with Crippen molar-refractivity contribution in [1.82, 2.24) is 34.3 Å². The Kier molecular flexibility index (Phi) is 5.14. The first-order valence-electron chi connectivity index (χ1n) is 12.6. The minimum atomic E-state index is -0.147. The van der Waals surface area contributed by atoms with Crippen LogP contribution in [0.15, 0.2) is 76.3 Å². The first kappa shape index (κ1) is 23.5. The maximum Gasteiger partial charge on any atom is 0.292 e. The Hall–Kier alpha value is -5.58. The molecule has 0 saturated carbocycles. The molecule has 40 heavy (non-hydrogen) atoms. The van der Waals surface area contributed by atoms with Crippen LogP contribution in [-0.4, -0.2) is 34.3 Å². The Morgan fingerprint density at radius 1 is 0.925 bits per heavy atom. The predicted octanol–water partition coefficient (Wildman–Crippen LogP) is 4.16. The van der Waals surface area contributed by atoms with Gasteiger partial charge in [0.1, 0.15) is 29.2 Å². The van der Waals surface area contributed by atoms with Gasteiger partial charge in [0, 0.05) is 11.8 Å². The first-order valence-corrected chi connectivity index (χ1v) is 12.6. The molecular formula is C29H23N9O2. The van der Waals surface area contributed by atoms with Crippen molar-refractivity contribution in [3.8, 4) is 17.1 Å². The monoisotopic (exact) mass is 529 g/mol. The first-order chi connectivity index (χ1) is 19.4. The number of nitrogen functional groups attached to an aromatic ring is 2. The molecule has 0 fully saturated rings. The Morgan fingerprint density at radius 2 is 1.77 bits per heavy atom. The summed E-state index contributed by atoms with van der Waals surface area (Å²) in [5.41, 5.74) is 17.4. The number of oxazole rings is 1. The van der Waals surface area contributed by atoms with Gasteiger partial charge in [-0.25, -0.2) is 19.6 Å². The zero-order valence-electron chi connectivity index (χ0n) is 21.7. The van der Waals surface area contributed by atoms with Gasteiger partial charge in [0.05, 0.1) is 23.0 Å². The fraction of sp³-hybridized carbons (Fsp3) is 0.103. The Bertz CT molecular complexity index is 2180. The second-order valence-electron chi connectivity index (χ2n) is 9.66. The van der Waals surface area contributed by atoms with Crippen LogP contribution >= 0.6 is 0 Å². The predicted molar refractivity (Wildman–Crippen MR) is 153 cm³/mol. The molecule has 7 aromatic rings. The van der Waals surface area contributed by atoms with Gasteiger partial charge in [-0.05, 0) is 54.6 Å². The summed E-state index contributed by atoms with van der Waals surface area (Å²) in [4.78, 5) is 31.5. The summed E-state index contributed by atoms with van der Waals surface area (Å²) in [6.45, 7) is 4.09. The van der Waals surface area contributed by atoms with Crippen LogP contribution in [0.5, 0.6) is 0 Å². The number of hydrogen-bond acceptors (Lipinski definition) is 9. The SMILES string of the molecule is Cc1cccnc1-n1c(Cn2nc(-c3ccc4nc(N)oc4c3)c3c(N)ncnc32)cc2cccc(C)c2c1=O. The van der Waals surface area contributed by atoms with Gasteiger partial charge in [-0.3, -0.25) is 9.36 Å². The summed E-state index contributed by atoms with van der Waals surface area (Å²) in [6.07, 6.45) is 3.09. The molecule has 4 N–H and O–H groups in total. The zero-order valence-corrected chi connectivity index (χ0v) is 21.7. The Labute approximate surface area is 226 Å². The maximum atomic E-state index is 14.0. The van der Waals surface area contributed by atoms with Crippen LogP contribution in [0.1, 0.15) is 16.8 Å². The lowest BCUT2D eigenvalue weighted by Gasteiger charge is -2.16. The minimum Gasteiger partial charge on any atom is -0.424 e. The number of fused-ring (bicyclic) bond motifs is 3. The third-order valence-corrected chi connectivity index (χ3v) is 7.07. The van der Waals surface area contributed by atoms with Crippen LogP contribution in [0.3, 0.4) is 0 Å². The average molecular weight is 530 g/mol. The second-order valence-corrected chi connectivity index (χ2v) is 9.66. The van der Waals surface area contributed by atoms with E-state index in [9.17, 15) is 4.79 Å². The van der Waals surface area contributed by atoms with Crippen LogP contribution in [0.4, 0.5) is 11.8 Å². The van der Waals surface area contributed by atoms with Crippen molar-refractivity contribution in [3.05, 3.63) is 94.3 Å². The highest BCUT2D eigenvalue weighted by Crippen LogP contribution is 2.33. The number of benzene rings is 2. The van der Waals surface area contributed by atoms with E-state index in [0.717, 1.165) is 22.1 Å². The molecule has 0 unspecified atom stereocenters. The van der Waals surface area contributed by atoms with Crippen LogP contribution in [0.2, 0.25) is 0 Å². The number of nitrogens with zero attached hydrogens (tertiary/aromatic N) is 7. The number of pyridine rings is 2. The largest absolute Gasteiger partial charge is 0.424 e. The lowest BCUT2D eigenvalue weighted by Crippen LogP contribution is -2.25. The number of aromatic nitrogens is 7. The van der Waals surface area contributed by atoms with Crippen molar-refractivity contribution in [1.29, 1.82) is 0 Å². The number of hydrogen-bond donors (Lipinski definition) is 2. The highest BCUT2D eigenvalue weighted by atomic mass is 16.4. The summed E-state index contributed by atoms with van der Waals surface area (Å²) in [7, 11) is 0.